The molecule has 6 heteroatoms. The summed E-state index contributed by atoms with van der Waals surface area (Å²) in [5.41, 5.74) is 2.67. The molecule has 0 bridgehead atoms. The number of amides is 1. The number of H-pyrrole nitrogens is 1. The summed E-state index contributed by atoms with van der Waals surface area (Å²) in [7, 11) is 0. The molecule has 1 aromatic carbocycles. The summed E-state index contributed by atoms with van der Waals surface area (Å²) < 4.78 is 5.43. The molecule has 25 heavy (non-hydrogen) atoms. The summed E-state index contributed by atoms with van der Waals surface area (Å²) in [5, 5.41) is 10.4. The number of carbonyl (C=O) groups excluding carboxylic acids is 1. The average Bonchev–Trinajstić information content (AvgIpc) is 3.39. The van der Waals surface area contributed by atoms with Crippen molar-refractivity contribution >= 4 is 5.91 Å². The predicted molar refractivity (Wildman–Crippen MR) is 94.5 cm³/mol. The minimum Gasteiger partial charge on any atom is -0.379 e. The van der Waals surface area contributed by atoms with E-state index in [1.54, 1.807) is 0 Å². The monoisotopic (exact) mass is 340 g/mol. The first kappa shape index (κ1) is 16.3. The van der Waals surface area contributed by atoms with Gasteiger partial charge in [0.2, 0.25) is 0 Å². The van der Waals surface area contributed by atoms with E-state index >= 15 is 0 Å². The van der Waals surface area contributed by atoms with Crippen LogP contribution in [0.4, 0.5) is 0 Å². The third kappa shape index (κ3) is 4.08. The highest BCUT2D eigenvalue weighted by Crippen LogP contribution is 2.39. The predicted octanol–water partition coefficient (Wildman–Crippen LogP) is 2.09. The van der Waals surface area contributed by atoms with Crippen molar-refractivity contribution in [3.05, 3.63) is 53.3 Å². The van der Waals surface area contributed by atoms with Crippen molar-refractivity contribution in [2.45, 2.75) is 24.8 Å². The number of nitrogens with one attached hydrogen (secondary N) is 2. The second-order valence-electron chi connectivity index (χ2n) is 6.83. The highest BCUT2D eigenvalue weighted by Gasteiger charge is 2.27. The summed E-state index contributed by atoms with van der Waals surface area (Å²) in [6.07, 6.45) is 2.37. The van der Waals surface area contributed by atoms with Crippen molar-refractivity contribution in [1.82, 2.24) is 20.4 Å². The van der Waals surface area contributed by atoms with Crippen molar-refractivity contribution in [3.63, 3.8) is 0 Å². The summed E-state index contributed by atoms with van der Waals surface area (Å²) in [4.78, 5) is 15.0. The Morgan fingerprint density at radius 3 is 2.76 bits per heavy atom. The summed E-state index contributed by atoms with van der Waals surface area (Å²) in [6.45, 7) is 4.07. The van der Waals surface area contributed by atoms with Gasteiger partial charge in [0.25, 0.3) is 5.91 Å². The van der Waals surface area contributed by atoms with Crippen LogP contribution in [0.25, 0.3) is 0 Å². The molecule has 0 spiro atoms. The third-order valence-corrected chi connectivity index (χ3v) is 4.90. The molecule has 2 aliphatic rings. The zero-order valence-electron chi connectivity index (χ0n) is 14.3. The maximum Gasteiger partial charge on any atom is 0.272 e. The van der Waals surface area contributed by atoms with E-state index < -0.39 is 0 Å². The highest BCUT2D eigenvalue weighted by molar-refractivity contribution is 5.92. The maximum absolute atomic E-state index is 12.7. The van der Waals surface area contributed by atoms with Crippen LogP contribution in [0.1, 0.15) is 46.5 Å². The van der Waals surface area contributed by atoms with E-state index in [4.69, 9.17) is 4.74 Å². The van der Waals surface area contributed by atoms with Gasteiger partial charge in [-0.25, -0.2) is 0 Å². The van der Waals surface area contributed by atoms with E-state index in [1.807, 2.05) is 24.3 Å². The quantitative estimate of drug-likeness (QED) is 0.845. The van der Waals surface area contributed by atoms with Gasteiger partial charge in [-0.1, -0.05) is 30.3 Å². The Balaban J connectivity index is 1.47. The SMILES string of the molecule is O=C(NC(CN1CCOCC1)c1ccccc1)c1cc(C2CC2)[nH]n1. The molecule has 1 aliphatic heterocycles. The Kier molecular flexibility index (Phi) is 4.81. The van der Waals surface area contributed by atoms with Gasteiger partial charge in [-0.3, -0.25) is 14.8 Å². The van der Waals surface area contributed by atoms with E-state index in [2.05, 4.69) is 32.5 Å². The summed E-state index contributed by atoms with van der Waals surface area (Å²) in [6, 6.07) is 12.0. The Hall–Kier alpha value is -2.18. The molecular weight excluding hydrogens is 316 g/mol. The molecule has 1 saturated heterocycles. The molecule has 2 fully saturated rings. The van der Waals surface area contributed by atoms with Gasteiger partial charge >= 0.3 is 0 Å². The fourth-order valence-corrected chi connectivity index (χ4v) is 3.25. The van der Waals surface area contributed by atoms with Crippen LogP contribution in [0, 0.1) is 0 Å². The number of aromatic amines is 1. The summed E-state index contributed by atoms with van der Waals surface area (Å²) in [5.74, 6) is 0.442. The molecule has 2 heterocycles. The number of ether oxygens (including phenoxy) is 1. The van der Waals surface area contributed by atoms with E-state index in [0.717, 1.165) is 44.1 Å². The van der Waals surface area contributed by atoms with Crippen molar-refractivity contribution in [2.24, 2.45) is 0 Å². The molecule has 0 radical (unpaired) electrons. The average molecular weight is 340 g/mol. The number of rotatable bonds is 6. The molecule has 1 aliphatic carbocycles. The zero-order valence-corrected chi connectivity index (χ0v) is 14.3. The third-order valence-electron chi connectivity index (χ3n) is 4.90. The lowest BCUT2D eigenvalue weighted by Crippen LogP contribution is -2.43. The molecule has 2 aromatic rings. The number of hydrogen-bond donors (Lipinski definition) is 2. The highest BCUT2D eigenvalue weighted by atomic mass is 16.5. The number of nitrogens with zero attached hydrogens (tertiary/aromatic N) is 2. The minimum atomic E-state index is -0.120. The number of hydrogen-bond acceptors (Lipinski definition) is 4. The van der Waals surface area contributed by atoms with E-state index in [9.17, 15) is 4.79 Å². The van der Waals surface area contributed by atoms with Gasteiger partial charge < -0.3 is 10.1 Å². The van der Waals surface area contributed by atoms with E-state index in [0.29, 0.717) is 11.6 Å². The lowest BCUT2D eigenvalue weighted by atomic mass is 10.1. The molecule has 2 N–H and O–H groups in total. The molecule has 132 valence electrons. The smallest absolute Gasteiger partial charge is 0.272 e. The van der Waals surface area contributed by atoms with Crippen LogP contribution >= 0.6 is 0 Å². The van der Waals surface area contributed by atoms with Crippen molar-refractivity contribution in [3.8, 4) is 0 Å². The summed E-state index contributed by atoms with van der Waals surface area (Å²) >= 11 is 0. The van der Waals surface area contributed by atoms with Crippen molar-refractivity contribution < 1.29 is 9.53 Å². The largest absolute Gasteiger partial charge is 0.379 e. The number of morpholine rings is 1. The Labute approximate surface area is 147 Å². The lowest BCUT2D eigenvalue weighted by molar-refractivity contribution is 0.0332. The normalized spacial score (nSPS) is 19.5. The van der Waals surface area contributed by atoms with Crippen molar-refractivity contribution in [1.29, 1.82) is 0 Å². The van der Waals surface area contributed by atoms with Gasteiger partial charge in [0, 0.05) is 31.2 Å². The topological polar surface area (TPSA) is 70.2 Å². The first-order valence-corrected chi connectivity index (χ1v) is 9.01. The minimum absolute atomic E-state index is 0.0622. The van der Waals surface area contributed by atoms with Gasteiger partial charge in [-0.15, -0.1) is 0 Å². The Bertz CT molecular complexity index is 705. The molecule has 1 aromatic heterocycles. The van der Waals surface area contributed by atoms with E-state index in [-0.39, 0.29) is 11.9 Å². The fraction of sp³-hybridized carbons (Fsp3) is 0.474. The number of carbonyl (C=O) groups is 1. The molecule has 1 amide bonds. The van der Waals surface area contributed by atoms with Crippen LogP contribution in [-0.4, -0.2) is 53.9 Å². The zero-order chi connectivity index (χ0) is 17.1. The van der Waals surface area contributed by atoms with Crippen LogP contribution in [0.3, 0.4) is 0 Å². The van der Waals surface area contributed by atoms with Gasteiger partial charge in [-0.2, -0.15) is 5.10 Å². The van der Waals surface area contributed by atoms with Crippen LogP contribution < -0.4 is 5.32 Å². The van der Waals surface area contributed by atoms with Crippen LogP contribution in [-0.2, 0) is 4.74 Å². The maximum atomic E-state index is 12.7. The van der Waals surface area contributed by atoms with E-state index in [1.165, 1.54) is 12.8 Å². The first-order chi connectivity index (χ1) is 12.3. The first-order valence-electron chi connectivity index (χ1n) is 9.01. The van der Waals surface area contributed by atoms with Gasteiger partial charge in [0.05, 0.1) is 19.3 Å². The Morgan fingerprint density at radius 1 is 1.28 bits per heavy atom. The number of benzene rings is 1. The number of aromatic nitrogens is 2. The molecule has 1 unspecified atom stereocenters. The van der Waals surface area contributed by atoms with Gasteiger partial charge in [0.15, 0.2) is 0 Å². The van der Waals surface area contributed by atoms with Gasteiger partial charge in [0.1, 0.15) is 5.69 Å². The van der Waals surface area contributed by atoms with Crippen LogP contribution in [0.15, 0.2) is 36.4 Å². The molecule has 6 nitrogen and oxygen atoms in total. The second kappa shape index (κ2) is 7.37. The fourth-order valence-electron chi connectivity index (χ4n) is 3.25. The molecule has 1 atom stereocenters. The Morgan fingerprint density at radius 2 is 2.04 bits per heavy atom. The van der Waals surface area contributed by atoms with Gasteiger partial charge in [-0.05, 0) is 24.5 Å². The molecule has 1 saturated carbocycles. The van der Waals surface area contributed by atoms with Crippen LogP contribution in [0.2, 0.25) is 0 Å². The lowest BCUT2D eigenvalue weighted by Gasteiger charge is -2.31. The second-order valence-corrected chi connectivity index (χ2v) is 6.83. The molecular formula is C19H24N4O2. The van der Waals surface area contributed by atoms with Crippen molar-refractivity contribution in [2.75, 3.05) is 32.8 Å². The van der Waals surface area contributed by atoms with Crippen LogP contribution in [0.5, 0.6) is 0 Å². The standard InChI is InChI=1S/C19H24N4O2/c24-19(17-12-16(21-22-17)15-6-7-15)20-18(14-4-2-1-3-5-14)13-23-8-10-25-11-9-23/h1-5,12,15,18H,6-11,13H2,(H,20,24)(H,21,22). The molecule has 4 rings (SSSR count).